The van der Waals surface area contributed by atoms with E-state index >= 15 is 0 Å². The molecular formula is C21H20N2O3. The molecule has 1 unspecified atom stereocenters. The number of ketones is 1. The SMILES string of the molecule is CCOc1cccc(C2NC(=O)NC3=C2C(=O)c2cc(CC)ccc23)c1. The number of nitrogens with one attached hydrogen (secondary N) is 2. The van der Waals surface area contributed by atoms with Gasteiger partial charge in [-0.1, -0.05) is 31.2 Å². The van der Waals surface area contributed by atoms with Crippen LogP contribution >= 0.6 is 0 Å². The minimum atomic E-state index is -0.496. The van der Waals surface area contributed by atoms with Gasteiger partial charge in [0.15, 0.2) is 5.78 Å². The second-order valence-electron chi connectivity index (χ2n) is 6.39. The molecule has 0 fully saturated rings. The first kappa shape index (κ1) is 16.4. The highest BCUT2D eigenvalue weighted by atomic mass is 16.5. The smallest absolute Gasteiger partial charge is 0.320 e. The summed E-state index contributed by atoms with van der Waals surface area (Å²) >= 11 is 0. The molecule has 2 aromatic carbocycles. The number of rotatable bonds is 4. The summed E-state index contributed by atoms with van der Waals surface area (Å²) in [5.41, 5.74) is 4.58. The summed E-state index contributed by atoms with van der Waals surface area (Å²) < 4.78 is 5.57. The van der Waals surface area contributed by atoms with Crippen LogP contribution in [-0.2, 0) is 6.42 Å². The molecule has 0 bridgehead atoms. The Balaban J connectivity index is 1.81. The van der Waals surface area contributed by atoms with Gasteiger partial charge in [0.25, 0.3) is 0 Å². The summed E-state index contributed by atoms with van der Waals surface area (Å²) in [4.78, 5) is 25.4. The van der Waals surface area contributed by atoms with Crippen molar-refractivity contribution in [2.24, 2.45) is 0 Å². The van der Waals surface area contributed by atoms with Gasteiger partial charge in [0.2, 0.25) is 0 Å². The fourth-order valence-electron chi connectivity index (χ4n) is 3.58. The summed E-state index contributed by atoms with van der Waals surface area (Å²) in [6.07, 6.45) is 0.857. The maximum Gasteiger partial charge on any atom is 0.320 e. The molecule has 1 aliphatic carbocycles. The first-order chi connectivity index (χ1) is 12.6. The Hall–Kier alpha value is -3.08. The van der Waals surface area contributed by atoms with Crippen molar-refractivity contribution < 1.29 is 14.3 Å². The molecule has 2 amide bonds. The second-order valence-corrected chi connectivity index (χ2v) is 6.39. The van der Waals surface area contributed by atoms with Gasteiger partial charge in [-0.15, -0.1) is 0 Å². The number of fused-ring (bicyclic) bond motifs is 2. The number of Topliss-reactive ketones (excluding diaryl/α,β-unsaturated/α-hetero) is 1. The number of aryl methyl sites for hydroxylation is 1. The number of amides is 2. The Morgan fingerprint density at radius 2 is 1.88 bits per heavy atom. The zero-order chi connectivity index (χ0) is 18.3. The largest absolute Gasteiger partial charge is 0.494 e. The van der Waals surface area contributed by atoms with Gasteiger partial charge in [0.05, 0.1) is 23.9 Å². The highest BCUT2D eigenvalue weighted by molar-refractivity contribution is 6.23. The van der Waals surface area contributed by atoms with Crippen LogP contribution in [0, 0.1) is 0 Å². The highest BCUT2D eigenvalue weighted by Gasteiger charge is 2.39. The third kappa shape index (κ3) is 2.56. The molecule has 0 aromatic heterocycles. The van der Waals surface area contributed by atoms with Crippen LogP contribution in [0.25, 0.3) is 5.70 Å². The molecule has 5 nitrogen and oxygen atoms in total. The Kier molecular flexibility index (Phi) is 3.99. The van der Waals surface area contributed by atoms with Gasteiger partial charge in [-0.25, -0.2) is 4.79 Å². The van der Waals surface area contributed by atoms with E-state index < -0.39 is 6.04 Å². The van der Waals surface area contributed by atoms with Crippen LogP contribution in [0.1, 0.15) is 46.9 Å². The minimum absolute atomic E-state index is 0.0374. The van der Waals surface area contributed by atoms with Crippen molar-refractivity contribution >= 4 is 17.5 Å². The lowest BCUT2D eigenvalue weighted by Gasteiger charge is -2.26. The van der Waals surface area contributed by atoms with E-state index in [2.05, 4.69) is 17.6 Å². The van der Waals surface area contributed by atoms with Crippen molar-refractivity contribution in [2.75, 3.05) is 6.61 Å². The van der Waals surface area contributed by atoms with Crippen LogP contribution in [-0.4, -0.2) is 18.4 Å². The molecule has 1 aliphatic heterocycles. The number of ether oxygens (including phenoxy) is 1. The molecule has 5 heteroatoms. The number of hydrogen-bond donors (Lipinski definition) is 2. The van der Waals surface area contributed by atoms with Gasteiger partial charge < -0.3 is 15.4 Å². The van der Waals surface area contributed by atoms with Gasteiger partial charge in [-0.3, -0.25) is 4.79 Å². The number of carbonyl (C=O) groups excluding carboxylic acids is 2. The fourth-order valence-corrected chi connectivity index (χ4v) is 3.58. The zero-order valence-electron chi connectivity index (χ0n) is 14.8. The van der Waals surface area contributed by atoms with Crippen molar-refractivity contribution in [2.45, 2.75) is 26.3 Å². The molecule has 0 radical (unpaired) electrons. The highest BCUT2D eigenvalue weighted by Crippen LogP contribution is 2.40. The third-order valence-electron chi connectivity index (χ3n) is 4.83. The molecule has 132 valence electrons. The van der Waals surface area contributed by atoms with Crippen molar-refractivity contribution in [1.29, 1.82) is 0 Å². The summed E-state index contributed by atoms with van der Waals surface area (Å²) in [5, 5.41) is 5.70. The molecule has 1 heterocycles. The van der Waals surface area contributed by atoms with E-state index in [1.54, 1.807) is 0 Å². The molecule has 0 saturated heterocycles. The lowest BCUT2D eigenvalue weighted by Crippen LogP contribution is -2.43. The van der Waals surface area contributed by atoms with Gasteiger partial charge >= 0.3 is 6.03 Å². The average molecular weight is 348 g/mol. The van der Waals surface area contributed by atoms with Crippen molar-refractivity contribution in [1.82, 2.24) is 10.6 Å². The molecule has 2 aromatic rings. The van der Waals surface area contributed by atoms with Crippen molar-refractivity contribution in [3.05, 3.63) is 70.3 Å². The second kappa shape index (κ2) is 6.33. The van der Waals surface area contributed by atoms with E-state index in [-0.39, 0.29) is 11.8 Å². The molecule has 4 rings (SSSR count). The molecule has 0 saturated carbocycles. The van der Waals surface area contributed by atoms with E-state index in [1.807, 2.05) is 49.4 Å². The monoisotopic (exact) mass is 348 g/mol. The molecule has 2 aliphatic rings. The van der Waals surface area contributed by atoms with Crippen LogP contribution in [0.4, 0.5) is 4.79 Å². The predicted octanol–water partition coefficient (Wildman–Crippen LogP) is 3.61. The normalized spacial score (nSPS) is 18.2. The van der Waals surface area contributed by atoms with E-state index in [9.17, 15) is 9.59 Å². The third-order valence-corrected chi connectivity index (χ3v) is 4.83. The van der Waals surface area contributed by atoms with Crippen molar-refractivity contribution in [3.63, 3.8) is 0 Å². The molecule has 0 spiro atoms. The van der Waals surface area contributed by atoms with Gasteiger partial charge in [-0.05, 0) is 42.7 Å². The quantitative estimate of drug-likeness (QED) is 0.887. The number of carbonyl (C=O) groups is 2. The first-order valence-electron chi connectivity index (χ1n) is 8.84. The maximum atomic E-state index is 13.1. The Bertz CT molecular complexity index is 946. The maximum absolute atomic E-state index is 13.1. The summed E-state index contributed by atoms with van der Waals surface area (Å²) in [6, 6.07) is 12.6. The van der Waals surface area contributed by atoms with E-state index in [1.165, 1.54) is 0 Å². The fraction of sp³-hybridized carbons (Fsp3) is 0.238. The van der Waals surface area contributed by atoms with E-state index in [0.717, 1.165) is 28.9 Å². The summed E-state index contributed by atoms with van der Waals surface area (Å²) in [5.74, 6) is 0.681. The lowest BCUT2D eigenvalue weighted by atomic mass is 9.94. The topological polar surface area (TPSA) is 67.4 Å². The molecule has 26 heavy (non-hydrogen) atoms. The Labute approximate surface area is 152 Å². The zero-order valence-corrected chi connectivity index (χ0v) is 14.8. The minimum Gasteiger partial charge on any atom is -0.494 e. The van der Waals surface area contributed by atoms with Crippen molar-refractivity contribution in [3.8, 4) is 5.75 Å². The van der Waals surface area contributed by atoms with Crippen LogP contribution in [0.15, 0.2) is 48.0 Å². The van der Waals surface area contributed by atoms with Gasteiger partial charge in [0, 0.05) is 11.1 Å². The standard InChI is InChI=1S/C21H20N2O3/c1-3-12-8-9-15-16(10-12)20(24)17-18(22-21(25)23-19(15)17)13-6-5-7-14(11-13)26-4-2/h5-11,18H,3-4H2,1-2H3,(H2,22,23,25). The summed E-state index contributed by atoms with van der Waals surface area (Å²) in [6.45, 7) is 4.53. The average Bonchev–Trinajstić information content (AvgIpc) is 2.93. The Morgan fingerprint density at radius 3 is 2.65 bits per heavy atom. The molecule has 1 atom stereocenters. The lowest BCUT2D eigenvalue weighted by molar-refractivity contribution is 0.103. The summed E-state index contributed by atoms with van der Waals surface area (Å²) in [7, 11) is 0. The number of benzene rings is 2. The first-order valence-corrected chi connectivity index (χ1v) is 8.84. The van der Waals surface area contributed by atoms with Gasteiger partial charge in [0.1, 0.15) is 5.75 Å². The van der Waals surface area contributed by atoms with E-state index in [4.69, 9.17) is 4.74 Å². The molecular weight excluding hydrogens is 328 g/mol. The predicted molar refractivity (Wildman–Crippen MR) is 99.1 cm³/mol. The number of urea groups is 1. The van der Waals surface area contributed by atoms with E-state index in [0.29, 0.717) is 23.4 Å². The van der Waals surface area contributed by atoms with Crippen LogP contribution in [0.3, 0.4) is 0 Å². The van der Waals surface area contributed by atoms with Crippen LogP contribution in [0.5, 0.6) is 5.75 Å². The Morgan fingerprint density at radius 1 is 1.04 bits per heavy atom. The van der Waals surface area contributed by atoms with Crippen LogP contribution in [0.2, 0.25) is 0 Å². The van der Waals surface area contributed by atoms with Gasteiger partial charge in [-0.2, -0.15) is 0 Å². The van der Waals surface area contributed by atoms with Crippen LogP contribution < -0.4 is 15.4 Å². The molecule has 2 N–H and O–H groups in total. The number of hydrogen-bond acceptors (Lipinski definition) is 3.